The largest absolute Gasteiger partial charge is 0.341 e. The molecule has 1 fully saturated rings. The quantitative estimate of drug-likeness (QED) is 0.790. The van der Waals surface area contributed by atoms with Crippen LogP contribution in [0.3, 0.4) is 0 Å². The van der Waals surface area contributed by atoms with Gasteiger partial charge in [0, 0.05) is 26.7 Å². The first-order valence-corrected chi connectivity index (χ1v) is 6.11. The van der Waals surface area contributed by atoms with Crippen LogP contribution in [0.1, 0.15) is 17.2 Å². The minimum Gasteiger partial charge on any atom is -0.341 e. The number of amides is 2. The van der Waals surface area contributed by atoms with Crippen molar-refractivity contribution in [2.45, 2.75) is 13.0 Å². The van der Waals surface area contributed by atoms with Gasteiger partial charge in [-0.1, -0.05) is 24.3 Å². The molecular formula is C13H19N3O2. The lowest BCUT2D eigenvalue weighted by molar-refractivity contribution is -0.127. The lowest BCUT2D eigenvalue weighted by atomic mass is 9.98. The van der Waals surface area contributed by atoms with Crippen molar-refractivity contribution in [3.8, 4) is 0 Å². The molecule has 0 unspecified atom stereocenters. The van der Waals surface area contributed by atoms with Crippen LogP contribution in [0.2, 0.25) is 0 Å². The molecule has 5 nitrogen and oxygen atoms in total. The van der Waals surface area contributed by atoms with Crippen LogP contribution in [0.25, 0.3) is 0 Å². The second-order valence-electron chi connectivity index (χ2n) is 4.53. The summed E-state index contributed by atoms with van der Waals surface area (Å²) in [6.45, 7) is 3.47. The summed E-state index contributed by atoms with van der Waals surface area (Å²) in [6.07, 6.45) is 0. The predicted octanol–water partition coefficient (Wildman–Crippen LogP) is 1.38. The summed E-state index contributed by atoms with van der Waals surface area (Å²) in [4.78, 5) is 13.7. The molecule has 1 heterocycles. The van der Waals surface area contributed by atoms with Gasteiger partial charge in [-0.2, -0.15) is 5.06 Å². The number of hydrogen-bond donors (Lipinski definition) is 2. The maximum atomic E-state index is 11.9. The highest BCUT2D eigenvalue weighted by atomic mass is 16.5. The van der Waals surface area contributed by atoms with E-state index in [2.05, 4.69) is 5.32 Å². The number of carbonyl (C=O) groups is 1. The van der Waals surface area contributed by atoms with Crippen LogP contribution < -0.4 is 5.32 Å². The smallest absolute Gasteiger partial charge is 0.317 e. The normalized spacial score (nSPS) is 20.8. The third-order valence-electron chi connectivity index (χ3n) is 3.38. The minimum absolute atomic E-state index is 0.101. The maximum Gasteiger partial charge on any atom is 0.317 e. The Morgan fingerprint density at radius 1 is 1.39 bits per heavy atom. The summed E-state index contributed by atoms with van der Waals surface area (Å²) >= 11 is 0. The first-order valence-electron chi connectivity index (χ1n) is 6.11. The van der Waals surface area contributed by atoms with E-state index in [-0.39, 0.29) is 12.1 Å². The Bertz CT molecular complexity index is 436. The van der Waals surface area contributed by atoms with Crippen molar-refractivity contribution >= 4 is 6.03 Å². The number of hydroxylamine groups is 2. The zero-order valence-electron chi connectivity index (χ0n) is 10.8. The van der Waals surface area contributed by atoms with E-state index in [9.17, 15) is 10.0 Å². The van der Waals surface area contributed by atoms with Crippen molar-refractivity contribution in [2.75, 3.05) is 26.7 Å². The number of benzene rings is 1. The Morgan fingerprint density at radius 3 is 2.78 bits per heavy atom. The van der Waals surface area contributed by atoms with E-state index < -0.39 is 0 Å². The van der Waals surface area contributed by atoms with Crippen LogP contribution in [-0.4, -0.2) is 47.9 Å². The summed E-state index contributed by atoms with van der Waals surface area (Å²) < 4.78 is 0. The van der Waals surface area contributed by atoms with Crippen molar-refractivity contribution in [2.24, 2.45) is 0 Å². The van der Waals surface area contributed by atoms with Crippen LogP contribution in [0.15, 0.2) is 24.3 Å². The Hall–Kier alpha value is -1.59. The highest BCUT2D eigenvalue weighted by Gasteiger charge is 2.31. The molecule has 98 valence electrons. The predicted molar refractivity (Wildman–Crippen MR) is 68.4 cm³/mol. The fourth-order valence-corrected chi connectivity index (χ4v) is 2.38. The van der Waals surface area contributed by atoms with E-state index >= 15 is 0 Å². The molecule has 0 spiro atoms. The Morgan fingerprint density at radius 2 is 2.11 bits per heavy atom. The summed E-state index contributed by atoms with van der Waals surface area (Å²) in [5.41, 5.74) is 2.21. The van der Waals surface area contributed by atoms with Crippen molar-refractivity contribution in [3.05, 3.63) is 35.4 Å². The number of rotatable bonds is 1. The number of piperazine rings is 1. The van der Waals surface area contributed by atoms with Gasteiger partial charge in [-0.05, 0) is 18.1 Å². The molecule has 2 rings (SSSR count). The second-order valence-corrected chi connectivity index (χ2v) is 4.53. The molecule has 0 bridgehead atoms. The fourth-order valence-electron chi connectivity index (χ4n) is 2.38. The molecule has 0 saturated carbocycles. The molecule has 1 aliphatic rings. The number of hydrogen-bond acceptors (Lipinski definition) is 3. The van der Waals surface area contributed by atoms with Gasteiger partial charge in [-0.15, -0.1) is 0 Å². The maximum absolute atomic E-state index is 11.9. The summed E-state index contributed by atoms with van der Waals surface area (Å²) in [5, 5.41) is 13.6. The van der Waals surface area contributed by atoms with Gasteiger partial charge in [0.05, 0.1) is 6.04 Å². The molecule has 0 radical (unpaired) electrons. The van der Waals surface area contributed by atoms with Gasteiger partial charge in [0.1, 0.15) is 0 Å². The number of nitrogens with zero attached hydrogens (tertiary/aromatic N) is 2. The Labute approximate surface area is 107 Å². The van der Waals surface area contributed by atoms with E-state index in [0.717, 1.165) is 11.1 Å². The number of carbonyl (C=O) groups excluding carboxylic acids is 1. The van der Waals surface area contributed by atoms with Crippen molar-refractivity contribution in [1.29, 1.82) is 0 Å². The highest BCUT2D eigenvalue weighted by molar-refractivity contribution is 5.74. The molecule has 1 saturated heterocycles. The molecule has 0 aliphatic carbocycles. The second kappa shape index (κ2) is 5.37. The van der Waals surface area contributed by atoms with Crippen molar-refractivity contribution in [3.63, 3.8) is 0 Å². The zero-order valence-corrected chi connectivity index (χ0v) is 10.8. The topological polar surface area (TPSA) is 55.8 Å². The third kappa shape index (κ3) is 2.47. The minimum atomic E-state index is -0.107. The van der Waals surface area contributed by atoms with Crippen molar-refractivity contribution in [1.82, 2.24) is 15.3 Å². The molecule has 1 aromatic rings. The van der Waals surface area contributed by atoms with Gasteiger partial charge in [-0.25, -0.2) is 4.79 Å². The molecule has 0 aromatic heterocycles. The van der Waals surface area contributed by atoms with E-state index in [0.29, 0.717) is 19.6 Å². The van der Waals surface area contributed by atoms with Gasteiger partial charge >= 0.3 is 6.03 Å². The van der Waals surface area contributed by atoms with E-state index in [4.69, 9.17) is 0 Å². The lowest BCUT2D eigenvalue weighted by Gasteiger charge is -2.39. The number of urea groups is 1. The van der Waals surface area contributed by atoms with Gasteiger partial charge in [-0.3, -0.25) is 0 Å². The number of nitrogens with one attached hydrogen (secondary N) is 1. The Balaban J connectivity index is 2.31. The van der Waals surface area contributed by atoms with Crippen LogP contribution in [0.5, 0.6) is 0 Å². The average Bonchev–Trinajstić information content (AvgIpc) is 2.38. The van der Waals surface area contributed by atoms with E-state index in [1.54, 1.807) is 11.9 Å². The van der Waals surface area contributed by atoms with Crippen molar-refractivity contribution < 1.29 is 10.0 Å². The summed E-state index contributed by atoms with van der Waals surface area (Å²) in [7, 11) is 1.63. The van der Waals surface area contributed by atoms with Gasteiger partial charge < -0.3 is 15.4 Å². The molecule has 1 atom stereocenters. The third-order valence-corrected chi connectivity index (χ3v) is 3.38. The first kappa shape index (κ1) is 12.9. The molecule has 18 heavy (non-hydrogen) atoms. The average molecular weight is 249 g/mol. The molecule has 2 amide bonds. The van der Waals surface area contributed by atoms with Gasteiger partial charge in [0.25, 0.3) is 0 Å². The van der Waals surface area contributed by atoms with E-state index in [1.807, 2.05) is 31.2 Å². The fraction of sp³-hybridized carbons (Fsp3) is 0.462. The van der Waals surface area contributed by atoms with Crippen LogP contribution >= 0.6 is 0 Å². The standard InChI is InChI=1S/C13H19N3O2/c1-10-5-3-4-6-11(10)12-9-15(18)7-8-16(12)13(17)14-2/h3-6,12,18H,7-9H2,1-2H3,(H,14,17)/t12-/m1/s1. The Kier molecular flexibility index (Phi) is 3.84. The SMILES string of the molecule is CNC(=O)N1CCN(O)C[C@@H]1c1ccccc1C. The van der Waals surface area contributed by atoms with Gasteiger partial charge in [0.15, 0.2) is 0 Å². The van der Waals surface area contributed by atoms with Crippen LogP contribution in [0, 0.1) is 6.92 Å². The molecular weight excluding hydrogens is 230 g/mol. The molecule has 2 N–H and O–H groups in total. The zero-order chi connectivity index (χ0) is 13.1. The lowest BCUT2D eigenvalue weighted by Crippen LogP contribution is -2.52. The highest BCUT2D eigenvalue weighted by Crippen LogP contribution is 2.27. The first-order chi connectivity index (χ1) is 8.63. The summed E-state index contributed by atoms with van der Waals surface area (Å²) in [6, 6.07) is 7.76. The molecule has 1 aliphatic heterocycles. The summed E-state index contributed by atoms with van der Waals surface area (Å²) in [5.74, 6) is 0. The number of aryl methyl sites for hydroxylation is 1. The van der Waals surface area contributed by atoms with Gasteiger partial charge in [0.2, 0.25) is 0 Å². The van der Waals surface area contributed by atoms with E-state index in [1.165, 1.54) is 5.06 Å². The monoisotopic (exact) mass is 249 g/mol. The van der Waals surface area contributed by atoms with Crippen LogP contribution in [0.4, 0.5) is 4.79 Å². The van der Waals surface area contributed by atoms with Crippen LogP contribution in [-0.2, 0) is 0 Å². The molecule has 5 heteroatoms. The molecule has 1 aromatic carbocycles.